The van der Waals surface area contributed by atoms with Gasteiger partial charge in [0.05, 0.1) is 12.6 Å². The molecule has 0 saturated carbocycles. The van der Waals surface area contributed by atoms with E-state index in [9.17, 15) is 0 Å². The monoisotopic (exact) mass is 340 g/mol. The summed E-state index contributed by atoms with van der Waals surface area (Å²) in [6.45, 7) is 0.603. The van der Waals surface area contributed by atoms with Crippen molar-refractivity contribution < 1.29 is 0 Å². The Morgan fingerprint density at radius 3 is 2.60 bits per heavy atom. The van der Waals surface area contributed by atoms with Gasteiger partial charge in [0.2, 0.25) is 0 Å². The zero-order valence-electron chi connectivity index (χ0n) is 8.88. The van der Waals surface area contributed by atoms with Gasteiger partial charge in [-0.15, -0.1) is 24.0 Å². The molecule has 0 amide bonds. The molecule has 0 aromatic carbocycles. The summed E-state index contributed by atoms with van der Waals surface area (Å²) in [4.78, 5) is 6.14. The number of nitrogens with zero attached hydrogens (tertiary/aromatic N) is 2. The Hall–Kier alpha value is -0.340. The first-order valence-corrected chi connectivity index (χ1v) is 5.29. The molecule has 1 aromatic rings. The van der Waals surface area contributed by atoms with Crippen molar-refractivity contribution in [2.45, 2.75) is 6.04 Å². The number of hydrogen-bond donors (Lipinski definition) is 2. The van der Waals surface area contributed by atoms with Gasteiger partial charge >= 0.3 is 0 Å². The van der Waals surface area contributed by atoms with Crippen LogP contribution in [0.2, 0.25) is 0 Å². The van der Waals surface area contributed by atoms with Gasteiger partial charge in [-0.05, 0) is 36.5 Å². The van der Waals surface area contributed by atoms with Crippen LogP contribution in [0.15, 0.2) is 21.8 Å². The predicted molar refractivity (Wildman–Crippen MR) is 76.8 cm³/mol. The molecule has 4 nitrogen and oxygen atoms in total. The van der Waals surface area contributed by atoms with Crippen molar-refractivity contribution >= 4 is 41.3 Å². The van der Waals surface area contributed by atoms with Crippen LogP contribution in [0.3, 0.4) is 0 Å². The van der Waals surface area contributed by atoms with Crippen LogP contribution in [0.1, 0.15) is 11.6 Å². The second-order valence-electron chi connectivity index (χ2n) is 3.30. The molecule has 0 aliphatic rings. The second kappa shape index (κ2) is 7.02. The highest BCUT2D eigenvalue weighted by atomic mass is 127. The highest BCUT2D eigenvalue weighted by Crippen LogP contribution is 2.20. The lowest BCUT2D eigenvalue weighted by Crippen LogP contribution is -2.27. The molecule has 6 heteroatoms. The van der Waals surface area contributed by atoms with Crippen LogP contribution in [-0.2, 0) is 0 Å². The Bertz CT molecular complexity index is 293. The smallest absolute Gasteiger partial charge is 0.185 e. The Kier molecular flexibility index (Phi) is 6.86. The van der Waals surface area contributed by atoms with E-state index in [1.807, 2.05) is 14.1 Å². The molecule has 1 unspecified atom stereocenters. The molecule has 1 aromatic heterocycles. The molecule has 0 fully saturated rings. The van der Waals surface area contributed by atoms with Gasteiger partial charge in [0, 0.05) is 0 Å². The maximum atomic E-state index is 5.31. The fraction of sp³-hybridized carbons (Fsp3) is 0.444. The number of thiophene rings is 1. The van der Waals surface area contributed by atoms with Gasteiger partial charge in [-0.2, -0.15) is 11.3 Å². The zero-order valence-corrected chi connectivity index (χ0v) is 12.0. The van der Waals surface area contributed by atoms with Gasteiger partial charge < -0.3 is 16.4 Å². The Balaban J connectivity index is 0.00000196. The van der Waals surface area contributed by atoms with Crippen molar-refractivity contribution in [2.24, 2.45) is 16.5 Å². The predicted octanol–water partition coefficient (Wildman–Crippen LogP) is 1.24. The summed E-state index contributed by atoms with van der Waals surface area (Å²) in [7, 11) is 4.04. The Morgan fingerprint density at radius 1 is 1.53 bits per heavy atom. The highest BCUT2D eigenvalue weighted by Gasteiger charge is 2.13. The minimum Gasteiger partial charge on any atom is -0.370 e. The molecule has 0 bridgehead atoms. The molecule has 0 saturated heterocycles. The summed E-state index contributed by atoms with van der Waals surface area (Å²) in [5, 5.41) is 4.17. The average molecular weight is 340 g/mol. The molecular formula is C9H17IN4S. The largest absolute Gasteiger partial charge is 0.370 e. The van der Waals surface area contributed by atoms with Gasteiger partial charge in [-0.25, -0.2) is 0 Å². The maximum Gasteiger partial charge on any atom is 0.185 e. The third kappa shape index (κ3) is 4.80. The first kappa shape index (κ1) is 14.7. The molecule has 15 heavy (non-hydrogen) atoms. The van der Waals surface area contributed by atoms with Crippen molar-refractivity contribution in [3.8, 4) is 0 Å². The number of likely N-dealkylation sites (N-methyl/N-ethyl adjacent to an activating group) is 1. The maximum absolute atomic E-state index is 5.31. The summed E-state index contributed by atoms with van der Waals surface area (Å²) in [6.07, 6.45) is 0. The molecule has 4 N–H and O–H groups in total. The molecule has 1 heterocycles. The van der Waals surface area contributed by atoms with Gasteiger partial charge in [0.25, 0.3) is 0 Å². The first-order chi connectivity index (χ1) is 6.61. The normalized spacial score (nSPS) is 11.9. The van der Waals surface area contributed by atoms with Gasteiger partial charge in [-0.1, -0.05) is 0 Å². The number of halogens is 1. The molecule has 1 rings (SSSR count). The van der Waals surface area contributed by atoms with E-state index >= 15 is 0 Å². The lowest BCUT2D eigenvalue weighted by molar-refractivity contribution is 0.307. The number of aliphatic imine (C=N–C) groups is 1. The number of rotatable bonds is 4. The lowest BCUT2D eigenvalue weighted by Gasteiger charge is -2.21. The van der Waals surface area contributed by atoms with Crippen LogP contribution in [0.25, 0.3) is 0 Å². The summed E-state index contributed by atoms with van der Waals surface area (Å²) >= 11 is 1.68. The van der Waals surface area contributed by atoms with Crippen molar-refractivity contribution in [3.05, 3.63) is 22.4 Å². The minimum absolute atomic E-state index is 0. The fourth-order valence-electron chi connectivity index (χ4n) is 1.22. The van der Waals surface area contributed by atoms with E-state index in [4.69, 9.17) is 11.5 Å². The molecule has 86 valence electrons. The lowest BCUT2D eigenvalue weighted by atomic mass is 10.1. The first-order valence-electron chi connectivity index (χ1n) is 4.35. The molecule has 0 radical (unpaired) electrons. The fourth-order valence-corrected chi connectivity index (χ4v) is 1.93. The van der Waals surface area contributed by atoms with Crippen molar-refractivity contribution in [1.82, 2.24) is 4.90 Å². The molecule has 0 aliphatic carbocycles. The zero-order chi connectivity index (χ0) is 10.6. The molecule has 0 aliphatic heterocycles. The summed E-state index contributed by atoms with van der Waals surface area (Å²) in [6, 6.07) is 2.35. The highest BCUT2D eigenvalue weighted by molar-refractivity contribution is 14.0. The van der Waals surface area contributed by atoms with E-state index in [2.05, 4.69) is 26.7 Å². The van der Waals surface area contributed by atoms with Gasteiger partial charge in [0.1, 0.15) is 0 Å². The number of nitrogens with two attached hydrogens (primary N) is 2. The Labute approximate surface area is 111 Å². The summed E-state index contributed by atoms with van der Waals surface area (Å²) < 4.78 is 0. The quantitative estimate of drug-likeness (QED) is 0.492. The van der Waals surface area contributed by atoms with Gasteiger partial charge in [0.15, 0.2) is 5.96 Å². The topological polar surface area (TPSA) is 67.6 Å². The Morgan fingerprint density at radius 2 is 2.20 bits per heavy atom. The van der Waals surface area contributed by atoms with Crippen LogP contribution >= 0.6 is 35.3 Å². The number of hydrogen-bond acceptors (Lipinski definition) is 3. The standard InChI is InChI=1S/C9H16N4S.HI/c1-13(2)8(5-12-9(10)11)7-3-4-14-6-7;/h3-4,6,8H,5H2,1-2H3,(H4,10,11,12);1H. The number of guanidine groups is 1. The van der Waals surface area contributed by atoms with Crippen molar-refractivity contribution in [2.75, 3.05) is 20.6 Å². The second-order valence-corrected chi connectivity index (χ2v) is 4.08. The third-order valence-corrected chi connectivity index (χ3v) is 2.70. The average Bonchev–Trinajstić information content (AvgIpc) is 2.56. The van der Waals surface area contributed by atoms with Crippen LogP contribution in [0, 0.1) is 0 Å². The van der Waals surface area contributed by atoms with Crippen LogP contribution < -0.4 is 11.5 Å². The molecular weight excluding hydrogens is 323 g/mol. The van der Waals surface area contributed by atoms with E-state index in [0.717, 1.165) is 0 Å². The molecule has 1 atom stereocenters. The van der Waals surface area contributed by atoms with Crippen LogP contribution in [0.4, 0.5) is 0 Å². The SMILES string of the molecule is CN(C)C(CN=C(N)N)c1ccsc1.I. The van der Waals surface area contributed by atoms with E-state index in [0.29, 0.717) is 6.54 Å². The van der Waals surface area contributed by atoms with Gasteiger partial charge in [-0.3, -0.25) is 4.99 Å². The van der Waals surface area contributed by atoms with Crippen LogP contribution in [-0.4, -0.2) is 31.5 Å². The summed E-state index contributed by atoms with van der Waals surface area (Å²) in [5.74, 6) is 0.145. The van der Waals surface area contributed by atoms with Crippen molar-refractivity contribution in [1.29, 1.82) is 0 Å². The van der Waals surface area contributed by atoms with E-state index in [1.165, 1.54) is 5.56 Å². The minimum atomic E-state index is 0. The van der Waals surface area contributed by atoms with Crippen LogP contribution in [0.5, 0.6) is 0 Å². The van der Waals surface area contributed by atoms with Crippen molar-refractivity contribution in [3.63, 3.8) is 0 Å². The van der Waals surface area contributed by atoms with E-state index in [-0.39, 0.29) is 36.0 Å². The van der Waals surface area contributed by atoms with E-state index < -0.39 is 0 Å². The third-order valence-electron chi connectivity index (χ3n) is 2.00. The van der Waals surface area contributed by atoms with E-state index in [1.54, 1.807) is 11.3 Å². The summed E-state index contributed by atoms with van der Waals surface area (Å²) in [5.41, 5.74) is 11.9. The molecule has 0 spiro atoms.